The quantitative estimate of drug-likeness (QED) is 0.327. The number of aryl methyl sites for hydroxylation is 1. The van der Waals surface area contributed by atoms with Crippen molar-refractivity contribution in [1.82, 2.24) is 19.0 Å². The second-order valence-corrected chi connectivity index (χ2v) is 11.7. The normalized spacial score (nSPS) is 18.9. The number of pyridine rings is 1. The number of phenols is 1. The Morgan fingerprint density at radius 2 is 1.78 bits per heavy atom. The van der Waals surface area contributed by atoms with E-state index in [9.17, 15) is 9.90 Å². The maximum Gasteiger partial charge on any atom is 0.332 e. The first kappa shape index (κ1) is 27.4. The predicted octanol–water partition coefficient (Wildman–Crippen LogP) is 5.47. The van der Waals surface area contributed by atoms with Crippen molar-refractivity contribution in [2.24, 2.45) is 7.05 Å². The van der Waals surface area contributed by atoms with E-state index in [1.54, 1.807) is 50.9 Å². The third-order valence-electron chi connectivity index (χ3n) is 8.60. The number of hydrogen-bond donors (Lipinski definition) is 1. The summed E-state index contributed by atoms with van der Waals surface area (Å²) in [5.74, 6) is -0.101. The van der Waals surface area contributed by atoms with Crippen LogP contribution in [0.5, 0.6) is 11.6 Å². The van der Waals surface area contributed by atoms with E-state index < -0.39 is 5.82 Å². The fraction of sp³-hybridized carbons (Fsp3) is 0.355. The van der Waals surface area contributed by atoms with Gasteiger partial charge in [-0.3, -0.25) is 9.47 Å². The fourth-order valence-electron chi connectivity index (χ4n) is 6.39. The van der Waals surface area contributed by atoms with Gasteiger partial charge in [0.05, 0.1) is 17.8 Å². The summed E-state index contributed by atoms with van der Waals surface area (Å²) in [6, 6.07) is 9.99. The molecule has 0 amide bonds. The number of hydrogen-bond acceptors (Lipinski definition) is 6. The summed E-state index contributed by atoms with van der Waals surface area (Å²) in [6.45, 7) is 7.30. The van der Waals surface area contributed by atoms with Gasteiger partial charge in [0.15, 0.2) is 0 Å². The number of phenolic OH excluding ortho intramolecular Hbond substituents is 1. The molecule has 1 N–H and O–H groups in total. The summed E-state index contributed by atoms with van der Waals surface area (Å²) >= 11 is 6.56. The number of aromatic hydroxyl groups is 1. The molecule has 10 heteroatoms. The monoisotopic (exact) mass is 577 g/mol. The molecule has 0 bridgehead atoms. The minimum absolute atomic E-state index is 0.0899. The molecule has 0 saturated carbocycles. The minimum Gasteiger partial charge on any atom is -0.507 e. The molecule has 2 aliphatic heterocycles. The van der Waals surface area contributed by atoms with Crippen molar-refractivity contribution in [3.8, 4) is 39.6 Å². The molecule has 4 aromatic rings. The zero-order valence-corrected chi connectivity index (χ0v) is 24.3. The van der Waals surface area contributed by atoms with Crippen molar-refractivity contribution in [3.63, 3.8) is 0 Å². The van der Waals surface area contributed by atoms with Crippen LogP contribution in [0, 0.1) is 5.82 Å². The Hall–Kier alpha value is -3.82. The van der Waals surface area contributed by atoms with Crippen LogP contribution in [0.3, 0.4) is 0 Å². The Kier molecular flexibility index (Phi) is 6.82. The van der Waals surface area contributed by atoms with Gasteiger partial charge in [0.2, 0.25) is 5.88 Å². The maximum atomic E-state index is 15.0. The summed E-state index contributed by atoms with van der Waals surface area (Å²) in [5, 5.41) is 11.7. The Morgan fingerprint density at radius 1 is 1.05 bits per heavy atom. The molecule has 2 aromatic heterocycles. The van der Waals surface area contributed by atoms with E-state index in [1.165, 1.54) is 21.3 Å². The lowest BCUT2D eigenvalue weighted by Gasteiger charge is -2.53. The van der Waals surface area contributed by atoms with Gasteiger partial charge in [-0.25, -0.2) is 14.2 Å². The highest BCUT2D eigenvalue weighted by Crippen LogP contribution is 2.45. The van der Waals surface area contributed by atoms with Gasteiger partial charge >= 0.3 is 5.69 Å². The minimum atomic E-state index is -0.508. The van der Waals surface area contributed by atoms with Crippen LogP contribution in [0.15, 0.2) is 59.8 Å². The maximum absolute atomic E-state index is 15.0. The van der Waals surface area contributed by atoms with E-state index in [0.29, 0.717) is 39.3 Å². The van der Waals surface area contributed by atoms with Gasteiger partial charge in [-0.15, -0.1) is 0 Å². The first-order chi connectivity index (χ1) is 19.6. The highest BCUT2D eigenvalue weighted by molar-refractivity contribution is 6.32. The smallest absolute Gasteiger partial charge is 0.332 e. The number of nitrogens with zero attached hydrogens (tertiary/aromatic N) is 5. The van der Waals surface area contributed by atoms with Crippen LogP contribution in [0.25, 0.3) is 27.9 Å². The first-order valence-electron chi connectivity index (χ1n) is 13.7. The zero-order valence-electron chi connectivity index (χ0n) is 23.6. The van der Waals surface area contributed by atoms with Crippen molar-refractivity contribution in [2.45, 2.75) is 38.3 Å². The van der Waals surface area contributed by atoms with Crippen molar-refractivity contribution < 1.29 is 14.2 Å². The molecule has 2 aliphatic rings. The molecule has 8 nitrogen and oxygen atoms in total. The van der Waals surface area contributed by atoms with Crippen LogP contribution in [0.2, 0.25) is 5.02 Å². The Morgan fingerprint density at radius 3 is 2.39 bits per heavy atom. The highest BCUT2D eigenvalue weighted by Gasteiger charge is 2.50. The van der Waals surface area contributed by atoms with Gasteiger partial charge in [0, 0.05) is 73.5 Å². The number of rotatable bonds is 6. The number of methoxy groups -OCH3 is 1. The molecular formula is C31H33ClFN5O3. The average molecular weight is 578 g/mol. The van der Waals surface area contributed by atoms with E-state index in [1.807, 2.05) is 6.07 Å². The standard InChI is InChI=1S/C31H33ClFN5O3/c1-19(2)38-10-8-31(38)7-9-36(18-31)27-14-21(17-34-29(27)41-4)24-16-22(33)15-23(28(24)39)20-5-6-26(25(32)13-20)37-12-11-35(3)30(37)40/h5-6,11-17,19,39H,7-10,18H2,1-4H3/t31-/m0/s1. The molecule has 1 atom stereocenters. The first-order valence-corrected chi connectivity index (χ1v) is 14.1. The van der Waals surface area contributed by atoms with Crippen LogP contribution in [-0.4, -0.2) is 62.4 Å². The van der Waals surface area contributed by atoms with Crippen LogP contribution < -0.4 is 15.3 Å². The predicted molar refractivity (Wildman–Crippen MR) is 159 cm³/mol. The molecule has 2 saturated heterocycles. The van der Waals surface area contributed by atoms with Gasteiger partial charge in [0.25, 0.3) is 0 Å². The van der Waals surface area contributed by atoms with Gasteiger partial charge in [-0.05, 0) is 62.6 Å². The third-order valence-corrected chi connectivity index (χ3v) is 8.90. The molecule has 2 fully saturated rings. The van der Waals surface area contributed by atoms with Crippen molar-refractivity contribution in [1.29, 1.82) is 0 Å². The molecule has 2 aromatic carbocycles. The second-order valence-electron chi connectivity index (χ2n) is 11.3. The third kappa shape index (κ3) is 4.57. The molecule has 0 radical (unpaired) electrons. The average Bonchev–Trinajstić information content (AvgIpc) is 3.54. The fourth-order valence-corrected chi connectivity index (χ4v) is 6.66. The van der Waals surface area contributed by atoms with Crippen LogP contribution in [0.4, 0.5) is 10.1 Å². The van der Waals surface area contributed by atoms with Gasteiger partial charge in [-0.2, -0.15) is 0 Å². The molecule has 41 heavy (non-hydrogen) atoms. The SMILES string of the molecule is COc1ncc(-c2cc(F)cc(-c3ccc(-n4ccn(C)c4=O)c(Cl)c3)c2O)cc1N1CC[C@]2(CCN2C(C)C)C1. The second kappa shape index (κ2) is 10.2. The van der Waals surface area contributed by atoms with Gasteiger partial charge in [0.1, 0.15) is 17.3 Å². The largest absolute Gasteiger partial charge is 0.507 e. The van der Waals surface area contributed by atoms with E-state index >= 15 is 4.39 Å². The summed E-state index contributed by atoms with van der Waals surface area (Å²) in [6.07, 6.45) is 7.07. The highest BCUT2D eigenvalue weighted by atomic mass is 35.5. The van der Waals surface area contributed by atoms with Crippen LogP contribution >= 0.6 is 11.6 Å². The number of halogens is 2. The molecule has 214 valence electrons. The summed E-state index contributed by atoms with van der Waals surface area (Å²) in [4.78, 5) is 21.8. The van der Waals surface area contributed by atoms with Crippen LogP contribution in [0.1, 0.15) is 26.7 Å². The number of anilines is 1. The number of aromatic nitrogens is 3. The molecule has 4 heterocycles. The van der Waals surface area contributed by atoms with Gasteiger partial charge < -0.3 is 19.3 Å². The molecule has 6 rings (SSSR count). The Bertz CT molecular complexity index is 1700. The van der Waals surface area contributed by atoms with Crippen molar-refractivity contribution in [3.05, 3.63) is 76.3 Å². The number of ether oxygens (including phenoxy) is 1. The molecule has 1 spiro atoms. The molecular weight excluding hydrogens is 545 g/mol. The Balaban J connectivity index is 1.37. The number of benzene rings is 2. The van der Waals surface area contributed by atoms with E-state index in [2.05, 4.69) is 28.6 Å². The van der Waals surface area contributed by atoms with E-state index in [0.717, 1.165) is 38.2 Å². The number of likely N-dealkylation sites (tertiary alicyclic amines) is 1. The summed E-state index contributed by atoms with van der Waals surface area (Å²) < 4.78 is 23.5. The molecule has 0 unspecified atom stereocenters. The van der Waals surface area contributed by atoms with Crippen molar-refractivity contribution in [2.75, 3.05) is 31.6 Å². The molecule has 0 aliphatic carbocycles. The topological polar surface area (TPSA) is 75.8 Å². The lowest BCUT2D eigenvalue weighted by molar-refractivity contribution is -0.0237. The lowest BCUT2D eigenvalue weighted by atomic mass is 9.82. The van der Waals surface area contributed by atoms with E-state index in [-0.39, 0.29) is 22.5 Å². The number of imidazole rings is 1. The Labute approximate surface area is 243 Å². The van der Waals surface area contributed by atoms with Crippen LogP contribution in [-0.2, 0) is 7.05 Å². The van der Waals surface area contributed by atoms with Gasteiger partial charge in [-0.1, -0.05) is 17.7 Å². The lowest BCUT2D eigenvalue weighted by Crippen LogP contribution is -2.63. The summed E-state index contributed by atoms with van der Waals surface area (Å²) in [5.41, 5.74) is 2.92. The van der Waals surface area contributed by atoms with Crippen molar-refractivity contribution >= 4 is 17.3 Å². The summed E-state index contributed by atoms with van der Waals surface area (Å²) in [7, 11) is 3.25. The zero-order chi connectivity index (χ0) is 29.1. The van der Waals surface area contributed by atoms with E-state index in [4.69, 9.17) is 16.3 Å².